The second-order valence-electron chi connectivity index (χ2n) is 5.91. The number of aromatic nitrogens is 2. The minimum Gasteiger partial charge on any atom is -1.00 e. The topological polar surface area (TPSA) is 26.2 Å². The van der Waals surface area contributed by atoms with Gasteiger partial charge in [0.2, 0.25) is 12.4 Å². The van der Waals surface area contributed by atoms with Crippen LogP contribution in [0.4, 0.5) is 0 Å². The Morgan fingerprint density at radius 2 is 1.04 bits per heavy atom. The maximum Gasteiger partial charge on any atom is 0.264 e. The molecule has 0 aliphatic heterocycles. The lowest BCUT2D eigenvalue weighted by molar-refractivity contribution is -0.865. The van der Waals surface area contributed by atoms with Crippen molar-refractivity contribution in [1.29, 1.82) is 0 Å². The van der Waals surface area contributed by atoms with Gasteiger partial charge in [0.05, 0.1) is 10.8 Å². The van der Waals surface area contributed by atoms with Gasteiger partial charge in [0.15, 0.2) is 0 Å². The number of halogens is 2. The first-order valence-corrected chi connectivity index (χ1v) is 8.25. The van der Waals surface area contributed by atoms with Crippen LogP contribution in [0.1, 0.15) is 11.1 Å². The van der Waals surface area contributed by atoms with Crippen LogP contribution < -0.4 is 44.0 Å². The molecule has 0 fully saturated rings. The van der Waals surface area contributed by atoms with E-state index in [1.165, 1.54) is 21.9 Å². The number of hydrogen-bond donors (Lipinski definition) is 0. The zero-order chi connectivity index (χ0) is 17.2. The predicted octanol–water partition coefficient (Wildman–Crippen LogP) is -3.72. The SMILES string of the molecule is CO[n+]1ccc(Cc2cc[n+](OC)c3ccccc23)c2ccccc21.[Cl-].[Cl-]. The first kappa shape index (κ1) is 20.7. The van der Waals surface area contributed by atoms with E-state index in [4.69, 9.17) is 9.68 Å². The van der Waals surface area contributed by atoms with E-state index in [1.807, 2.05) is 24.5 Å². The Morgan fingerprint density at radius 3 is 1.44 bits per heavy atom. The van der Waals surface area contributed by atoms with Crippen LogP contribution in [0, 0.1) is 0 Å². The molecule has 2 aromatic carbocycles. The van der Waals surface area contributed by atoms with Gasteiger partial charge in [0.25, 0.3) is 11.0 Å². The van der Waals surface area contributed by atoms with Gasteiger partial charge in [0.1, 0.15) is 14.2 Å². The number of hydrogen-bond acceptors (Lipinski definition) is 2. The van der Waals surface area contributed by atoms with Crippen LogP contribution in [0.2, 0.25) is 0 Å². The monoisotopic (exact) mass is 402 g/mol. The molecule has 0 unspecified atom stereocenters. The summed E-state index contributed by atoms with van der Waals surface area (Å²) in [7, 11) is 3.36. The molecule has 0 atom stereocenters. The first-order valence-electron chi connectivity index (χ1n) is 8.25. The maximum atomic E-state index is 5.43. The summed E-state index contributed by atoms with van der Waals surface area (Å²) in [6.45, 7) is 0. The average molecular weight is 403 g/mol. The molecule has 6 heteroatoms. The Kier molecular flexibility index (Phi) is 6.83. The van der Waals surface area contributed by atoms with Crippen molar-refractivity contribution in [2.45, 2.75) is 6.42 Å². The highest BCUT2D eigenvalue weighted by Gasteiger charge is 2.17. The van der Waals surface area contributed by atoms with Crippen molar-refractivity contribution in [3.05, 3.63) is 84.2 Å². The van der Waals surface area contributed by atoms with Gasteiger partial charge in [-0.05, 0) is 29.7 Å². The summed E-state index contributed by atoms with van der Waals surface area (Å²) < 4.78 is 3.58. The number of para-hydroxylation sites is 2. The summed E-state index contributed by atoms with van der Waals surface area (Å²) in [5, 5.41) is 2.39. The number of pyridine rings is 2. The zero-order valence-electron chi connectivity index (χ0n) is 15.1. The third kappa shape index (κ3) is 3.77. The lowest BCUT2D eigenvalue weighted by Crippen LogP contribution is -3.00. The van der Waals surface area contributed by atoms with E-state index in [2.05, 4.69) is 48.5 Å². The molecule has 0 saturated heterocycles. The third-order valence-corrected chi connectivity index (χ3v) is 4.57. The Bertz CT molecular complexity index is 985. The molecule has 0 saturated carbocycles. The number of fused-ring (bicyclic) bond motifs is 2. The van der Waals surface area contributed by atoms with Crippen LogP contribution >= 0.6 is 0 Å². The van der Waals surface area contributed by atoms with E-state index in [1.54, 1.807) is 23.7 Å². The van der Waals surface area contributed by atoms with E-state index in [0.29, 0.717) is 0 Å². The summed E-state index contributed by atoms with van der Waals surface area (Å²) in [6.07, 6.45) is 4.78. The van der Waals surface area contributed by atoms with Crippen LogP contribution in [0.25, 0.3) is 21.8 Å². The smallest absolute Gasteiger partial charge is 0.264 e. The molecule has 4 rings (SSSR count). The van der Waals surface area contributed by atoms with E-state index < -0.39 is 0 Å². The van der Waals surface area contributed by atoms with Crippen molar-refractivity contribution in [2.24, 2.45) is 0 Å². The zero-order valence-corrected chi connectivity index (χ0v) is 16.6. The van der Waals surface area contributed by atoms with Gasteiger partial charge in [-0.1, -0.05) is 24.3 Å². The molecule has 2 aromatic heterocycles. The van der Waals surface area contributed by atoms with Crippen LogP contribution in [0.5, 0.6) is 0 Å². The van der Waals surface area contributed by atoms with Gasteiger partial charge in [0, 0.05) is 33.7 Å². The number of benzene rings is 2. The molecule has 0 spiro atoms. The third-order valence-electron chi connectivity index (χ3n) is 4.57. The molecule has 0 bridgehead atoms. The second kappa shape index (κ2) is 8.89. The van der Waals surface area contributed by atoms with Crippen molar-refractivity contribution in [1.82, 2.24) is 0 Å². The molecule has 0 aliphatic rings. The summed E-state index contributed by atoms with van der Waals surface area (Å²) in [5.41, 5.74) is 4.66. The highest BCUT2D eigenvalue weighted by Crippen LogP contribution is 2.22. The lowest BCUT2D eigenvalue weighted by atomic mass is 9.99. The maximum absolute atomic E-state index is 5.43. The van der Waals surface area contributed by atoms with Gasteiger partial charge in [-0.2, -0.15) is 0 Å². The molecule has 4 nitrogen and oxygen atoms in total. The first-order chi connectivity index (χ1) is 12.3. The average Bonchev–Trinajstić information content (AvgIpc) is 2.68. The van der Waals surface area contributed by atoms with Crippen molar-refractivity contribution in [2.75, 3.05) is 14.2 Å². The fourth-order valence-corrected chi connectivity index (χ4v) is 3.36. The normalized spacial score (nSPS) is 10.1. The van der Waals surface area contributed by atoms with Gasteiger partial charge in [-0.3, -0.25) is 9.68 Å². The fourth-order valence-electron chi connectivity index (χ4n) is 3.36. The van der Waals surface area contributed by atoms with Crippen LogP contribution in [-0.4, -0.2) is 14.2 Å². The van der Waals surface area contributed by atoms with Gasteiger partial charge in [-0.15, -0.1) is 0 Å². The Labute approximate surface area is 170 Å². The van der Waals surface area contributed by atoms with E-state index >= 15 is 0 Å². The molecular formula is C21H20Cl2N2O2. The van der Waals surface area contributed by atoms with E-state index in [0.717, 1.165) is 17.5 Å². The molecule has 0 amide bonds. The highest BCUT2D eigenvalue weighted by molar-refractivity contribution is 5.83. The standard InChI is InChI=1S/C21H20N2O2.2ClH/c1-24-22-13-11-16(18-7-3-5-9-20(18)22)15-17-12-14-23(25-2)21-10-6-4-8-19(17)21;;/h3-14H,15H2,1-2H3;2*1H/q+2;;/p-2. The summed E-state index contributed by atoms with van der Waals surface area (Å²) in [6, 6.07) is 20.9. The lowest BCUT2D eigenvalue weighted by Gasteiger charge is -2.07. The largest absolute Gasteiger partial charge is 1.00 e. The van der Waals surface area contributed by atoms with Gasteiger partial charge >= 0.3 is 0 Å². The molecule has 2 heterocycles. The van der Waals surface area contributed by atoms with Crippen LogP contribution in [0.15, 0.2) is 73.1 Å². The summed E-state index contributed by atoms with van der Waals surface area (Å²) in [5.74, 6) is 0. The minimum atomic E-state index is 0. The van der Waals surface area contributed by atoms with Gasteiger partial charge < -0.3 is 24.8 Å². The summed E-state index contributed by atoms with van der Waals surface area (Å²) in [4.78, 5) is 10.9. The second-order valence-corrected chi connectivity index (χ2v) is 5.91. The molecule has 0 aliphatic carbocycles. The van der Waals surface area contributed by atoms with Crippen molar-refractivity contribution in [3.8, 4) is 0 Å². The fraction of sp³-hybridized carbons (Fsp3) is 0.143. The quantitative estimate of drug-likeness (QED) is 0.328. The number of rotatable bonds is 4. The molecular weight excluding hydrogens is 383 g/mol. The molecule has 4 aromatic rings. The summed E-state index contributed by atoms with van der Waals surface area (Å²) >= 11 is 0. The molecule has 27 heavy (non-hydrogen) atoms. The van der Waals surface area contributed by atoms with Crippen molar-refractivity contribution in [3.63, 3.8) is 0 Å². The Hall–Kier alpha value is -2.56. The predicted molar refractivity (Wildman–Crippen MR) is 96.1 cm³/mol. The van der Waals surface area contributed by atoms with Crippen molar-refractivity contribution >= 4 is 21.8 Å². The highest BCUT2D eigenvalue weighted by atomic mass is 35.5. The molecule has 0 radical (unpaired) electrons. The van der Waals surface area contributed by atoms with E-state index in [9.17, 15) is 0 Å². The molecule has 0 N–H and O–H groups in total. The van der Waals surface area contributed by atoms with Crippen molar-refractivity contribution < 1.29 is 44.0 Å². The van der Waals surface area contributed by atoms with Gasteiger partial charge in [-0.25, -0.2) is 0 Å². The number of nitrogens with zero attached hydrogens (tertiary/aromatic N) is 2. The van der Waals surface area contributed by atoms with Crippen LogP contribution in [-0.2, 0) is 6.42 Å². The van der Waals surface area contributed by atoms with E-state index in [-0.39, 0.29) is 24.8 Å². The van der Waals surface area contributed by atoms with Crippen LogP contribution in [0.3, 0.4) is 0 Å². The minimum absolute atomic E-state index is 0. The molecule has 140 valence electrons. The Balaban J connectivity index is 0.00000131. The Morgan fingerprint density at radius 1 is 0.630 bits per heavy atom.